The van der Waals surface area contributed by atoms with Gasteiger partial charge in [0.2, 0.25) is 11.8 Å². The van der Waals surface area contributed by atoms with Gasteiger partial charge in [-0.05, 0) is 55.4 Å². The Hall–Kier alpha value is -2.45. The Morgan fingerprint density at radius 1 is 1.00 bits per heavy atom. The number of ether oxygens (including phenoxy) is 1. The average Bonchev–Trinajstić information content (AvgIpc) is 3.02. The van der Waals surface area contributed by atoms with E-state index in [0.29, 0.717) is 24.6 Å². The Balaban J connectivity index is 1.19. The summed E-state index contributed by atoms with van der Waals surface area (Å²) in [5.74, 6) is 0.154. The normalized spacial score (nSPS) is 28.1. The molecule has 5 aliphatic heterocycles. The van der Waals surface area contributed by atoms with Crippen molar-refractivity contribution in [1.29, 1.82) is 0 Å². The fourth-order valence-electron chi connectivity index (χ4n) is 5.76. The average molecular weight is 425 g/mol. The first-order chi connectivity index (χ1) is 15.0. The molecule has 6 rings (SSSR count). The van der Waals surface area contributed by atoms with Gasteiger partial charge in [-0.2, -0.15) is 0 Å². The van der Waals surface area contributed by atoms with E-state index in [1.165, 1.54) is 0 Å². The van der Waals surface area contributed by atoms with Crippen molar-refractivity contribution < 1.29 is 19.1 Å². The number of hydrogen-bond donors (Lipinski definition) is 2. The molecule has 5 heterocycles. The molecule has 8 nitrogen and oxygen atoms in total. The van der Waals surface area contributed by atoms with Crippen molar-refractivity contribution in [3.8, 4) is 5.75 Å². The predicted molar refractivity (Wildman–Crippen MR) is 112 cm³/mol. The van der Waals surface area contributed by atoms with E-state index in [1.807, 2.05) is 12.1 Å². The minimum atomic E-state index is -0.577. The molecule has 3 saturated heterocycles. The summed E-state index contributed by atoms with van der Waals surface area (Å²) >= 11 is 0. The zero-order valence-corrected chi connectivity index (χ0v) is 17.6. The maximum Gasteiger partial charge on any atom is 0.255 e. The molecule has 3 fully saturated rings. The monoisotopic (exact) mass is 424 g/mol. The quantitative estimate of drug-likeness (QED) is 0.675. The van der Waals surface area contributed by atoms with Gasteiger partial charge < -0.3 is 15.0 Å². The second-order valence-electron chi connectivity index (χ2n) is 9.65. The lowest BCUT2D eigenvalue weighted by Gasteiger charge is -2.48. The molecule has 1 spiro atoms. The molecular formula is C23H28N4O4. The summed E-state index contributed by atoms with van der Waals surface area (Å²) in [6, 6.07) is 4.10. The van der Waals surface area contributed by atoms with E-state index in [-0.39, 0.29) is 29.7 Å². The third-order valence-corrected chi connectivity index (χ3v) is 7.87. The number of amides is 3. The number of carbonyl (C=O) groups is 3. The van der Waals surface area contributed by atoms with Crippen molar-refractivity contribution in [2.24, 2.45) is 0 Å². The Bertz CT molecular complexity index is 965. The number of rotatable bonds is 2. The number of hydrogen-bond acceptors (Lipinski definition) is 6. The predicted octanol–water partition coefficient (Wildman–Crippen LogP) is 0.579. The van der Waals surface area contributed by atoms with E-state index in [4.69, 9.17) is 4.74 Å². The number of carbonyl (C=O) groups excluding carboxylic acids is 3. The van der Waals surface area contributed by atoms with Crippen LogP contribution in [0.1, 0.15) is 53.6 Å². The highest BCUT2D eigenvalue weighted by molar-refractivity contribution is 6.05. The molecule has 2 N–H and O–H groups in total. The first kappa shape index (κ1) is 19.3. The number of nitrogens with zero attached hydrogens (tertiary/aromatic N) is 2. The second kappa shape index (κ2) is 7.03. The molecule has 5 aliphatic rings. The molecule has 164 valence electrons. The minimum Gasteiger partial charge on any atom is -0.487 e. The van der Waals surface area contributed by atoms with Gasteiger partial charge in [-0.25, -0.2) is 0 Å². The number of aryl methyl sites for hydroxylation is 1. The van der Waals surface area contributed by atoms with Gasteiger partial charge in [0.25, 0.3) is 5.91 Å². The van der Waals surface area contributed by atoms with Crippen molar-refractivity contribution in [2.75, 3.05) is 26.2 Å². The molecular weight excluding hydrogens is 396 g/mol. The SMILES string of the molecule is O=C1CCC(N2Cc3cc4c(cc3C2=O)CCC2(CCN(C3CNC3)CC2)O4)C(=O)N1. The number of likely N-dealkylation sites (tertiary alicyclic amines) is 1. The smallest absolute Gasteiger partial charge is 0.255 e. The van der Waals surface area contributed by atoms with E-state index in [9.17, 15) is 14.4 Å². The lowest BCUT2D eigenvalue weighted by Crippen LogP contribution is -2.61. The van der Waals surface area contributed by atoms with Crippen molar-refractivity contribution in [2.45, 2.75) is 62.8 Å². The van der Waals surface area contributed by atoms with E-state index in [1.54, 1.807) is 4.90 Å². The molecule has 3 amide bonds. The van der Waals surface area contributed by atoms with E-state index < -0.39 is 6.04 Å². The number of benzene rings is 1. The first-order valence-electron chi connectivity index (χ1n) is 11.5. The highest BCUT2D eigenvalue weighted by atomic mass is 16.5. The Kier molecular flexibility index (Phi) is 4.37. The van der Waals surface area contributed by atoms with E-state index >= 15 is 0 Å². The van der Waals surface area contributed by atoms with E-state index in [0.717, 1.165) is 68.7 Å². The number of fused-ring (bicyclic) bond motifs is 2. The van der Waals surface area contributed by atoms with Crippen LogP contribution >= 0.6 is 0 Å². The number of piperidine rings is 2. The lowest BCUT2D eigenvalue weighted by molar-refractivity contribution is -0.136. The van der Waals surface area contributed by atoms with Crippen LogP contribution in [0.25, 0.3) is 0 Å². The topological polar surface area (TPSA) is 91.0 Å². The third kappa shape index (κ3) is 3.15. The van der Waals surface area contributed by atoms with Gasteiger partial charge in [0.15, 0.2) is 0 Å². The van der Waals surface area contributed by atoms with Crippen LogP contribution in [-0.2, 0) is 22.6 Å². The number of nitrogens with one attached hydrogen (secondary N) is 2. The van der Waals surface area contributed by atoms with Crippen molar-refractivity contribution in [1.82, 2.24) is 20.4 Å². The largest absolute Gasteiger partial charge is 0.487 e. The highest BCUT2D eigenvalue weighted by Gasteiger charge is 2.44. The van der Waals surface area contributed by atoms with Crippen molar-refractivity contribution >= 4 is 17.7 Å². The molecule has 0 aromatic heterocycles. The van der Waals surface area contributed by atoms with Crippen LogP contribution in [0.2, 0.25) is 0 Å². The fraction of sp³-hybridized carbons (Fsp3) is 0.609. The van der Waals surface area contributed by atoms with Crippen LogP contribution in [-0.4, -0.2) is 71.4 Å². The summed E-state index contributed by atoms with van der Waals surface area (Å²) < 4.78 is 6.62. The van der Waals surface area contributed by atoms with Crippen LogP contribution in [0.5, 0.6) is 5.75 Å². The maximum atomic E-state index is 13.0. The summed E-state index contributed by atoms with van der Waals surface area (Å²) in [6.45, 7) is 4.75. The highest BCUT2D eigenvalue weighted by Crippen LogP contribution is 2.42. The zero-order valence-electron chi connectivity index (χ0n) is 17.6. The molecule has 31 heavy (non-hydrogen) atoms. The Labute approximate surface area is 181 Å². The van der Waals surface area contributed by atoms with Gasteiger partial charge in [0, 0.05) is 50.7 Å². The molecule has 0 radical (unpaired) electrons. The number of imide groups is 1. The van der Waals surface area contributed by atoms with Crippen LogP contribution in [0.15, 0.2) is 12.1 Å². The minimum absolute atomic E-state index is 0.0964. The van der Waals surface area contributed by atoms with Gasteiger partial charge in [0.05, 0.1) is 0 Å². The molecule has 1 aromatic rings. The van der Waals surface area contributed by atoms with Gasteiger partial charge >= 0.3 is 0 Å². The summed E-state index contributed by atoms with van der Waals surface area (Å²) in [4.78, 5) is 41.0. The summed E-state index contributed by atoms with van der Waals surface area (Å²) in [5, 5.41) is 5.72. The van der Waals surface area contributed by atoms with Crippen LogP contribution in [0.4, 0.5) is 0 Å². The standard InChI is InChI=1S/C23H28N4O4/c28-20-2-1-18(21(29)25-20)27-13-15-10-19-14(9-17(15)22(27)30)3-4-23(31-19)5-7-26(8-6-23)16-11-24-12-16/h9-10,16,18,24H,1-8,11-13H2,(H,25,28,29). The van der Waals surface area contributed by atoms with Crippen molar-refractivity contribution in [3.05, 3.63) is 28.8 Å². The van der Waals surface area contributed by atoms with Crippen LogP contribution in [0, 0.1) is 0 Å². The van der Waals surface area contributed by atoms with Crippen LogP contribution < -0.4 is 15.4 Å². The van der Waals surface area contributed by atoms with E-state index in [2.05, 4.69) is 15.5 Å². The summed E-state index contributed by atoms with van der Waals surface area (Å²) in [6.07, 6.45) is 4.64. The molecule has 0 saturated carbocycles. The molecule has 0 bridgehead atoms. The lowest BCUT2D eigenvalue weighted by atomic mass is 9.82. The third-order valence-electron chi connectivity index (χ3n) is 7.87. The molecule has 1 unspecified atom stereocenters. The van der Waals surface area contributed by atoms with Crippen molar-refractivity contribution in [3.63, 3.8) is 0 Å². The molecule has 1 aromatic carbocycles. The Morgan fingerprint density at radius 2 is 1.81 bits per heavy atom. The van der Waals surface area contributed by atoms with Crippen LogP contribution in [0.3, 0.4) is 0 Å². The summed E-state index contributed by atoms with van der Waals surface area (Å²) in [5.41, 5.74) is 2.59. The zero-order chi connectivity index (χ0) is 21.2. The summed E-state index contributed by atoms with van der Waals surface area (Å²) in [7, 11) is 0. The fourth-order valence-corrected chi connectivity index (χ4v) is 5.76. The van der Waals surface area contributed by atoms with Gasteiger partial charge in [-0.3, -0.25) is 24.6 Å². The molecule has 1 atom stereocenters. The Morgan fingerprint density at radius 3 is 2.52 bits per heavy atom. The maximum absolute atomic E-state index is 13.0. The van der Waals surface area contributed by atoms with Gasteiger partial charge in [-0.15, -0.1) is 0 Å². The van der Waals surface area contributed by atoms with Gasteiger partial charge in [0.1, 0.15) is 17.4 Å². The second-order valence-corrected chi connectivity index (χ2v) is 9.65. The van der Waals surface area contributed by atoms with Gasteiger partial charge in [-0.1, -0.05) is 0 Å². The first-order valence-corrected chi connectivity index (χ1v) is 11.5. The molecule has 0 aliphatic carbocycles. The molecule has 8 heteroatoms.